The molecule has 0 aromatic rings. The highest BCUT2D eigenvalue weighted by molar-refractivity contribution is 7.52. The molecule has 3 atom stereocenters. The Hall–Kier alpha value is -1.00. The molecule has 1 unspecified atom stereocenters. The zero-order valence-corrected chi connectivity index (χ0v) is 19.5. The second-order valence-electron chi connectivity index (χ2n) is 9.26. The molecule has 0 radical (unpaired) electrons. The minimum Gasteiger partial charge on any atom is -0.748 e. The van der Waals surface area contributed by atoms with Crippen molar-refractivity contribution in [2.24, 2.45) is 11.8 Å². The number of unbranched alkanes of at least 4 members (excludes halogenated alkanes) is 2. The quantitative estimate of drug-likeness (QED) is 0.454. The van der Waals surface area contributed by atoms with Crippen molar-refractivity contribution in [3.8, 4) is 0 Å². The monoisotopic (exact) mass is 410 g/mol. The fourth-order valence-electron chi connectivity index (χ4n) is 4.69. The summed E-state index contributed by atoms with van der Waals surface area (Å²) in [5, 5.41) is 0. The van der Waals surface area contributed by atoms with E-state index in [1.807, 2.05) is 0 Å². The Morgan fingerprint density at radius 3 is 2.32 bits per heavy atom. The molecule has 7 heteroatoms. The number of hydrogen-bond donors (Lipinski definition) is 0. The summed E-state index contributed by atoms with van der Waals surface area (Å²) in [4.78, 5) is 16.2. The van der Waals surface area contributed by atoms with Crippen LogP contribution in [0.15, 0.2) is 11.9 Å². The van der Waals surface area contributed by atoms with E-state index in [1.165, 1.54) is 0 Å². The summed E-state index contributed by atoms with van der Waals surface area (Å²) < 4.78 is 19.8. The molecule has 1 fully saturated rings. The van der Waals surface area contributed by atoms with Gasteiger partial charge in [-0.1, -0.05) is 54.4 Å². The molecule has 3 heterocycles. The van der Waals surface area contributed by atoms with Crippen molar-refractivity contribution in [3.05, 3.63) is 11.9 Å². The maximum Gasteiger partial charge on any atom is 0.284 e. The highest BCUT2D eigenvalue weighted by atomic mass is 31.2. The predicted molar refractivity (Wildman–Crippen MR) is 113 cm³/mol. The molecule has 160 valence electrons. The number of rotatable bonds is 8. The van der Waals surface area contributed by atoms with Crippen molar-refractivity contribution < 1.29 is 14.0 Å². The third-order valence-electron chi connectivity index (χ3n) is 6.47. The molecule has 1 saturated heterocycles. The molecular weight excluding hydrogens is 371 g/mol. The lowest BCUT2D eigenvalue weighted by Crippen LogP contribution is -2.50. The van der Waals surface area contributed by atoms with Gasteiger partial charge in [0.1, 0.15) is 18.4 Å². The molecule has 0 aliphatic carbocycles. The minimum absolute atomic E-state index is 0.0190. The van der Waals surface area contributed by atoms with E-state index < -0.39 is 7.67 Å². The average molecular weight is 411 g/mol. The van der Waals surface area contributed by atoms with Crippen LogP contribution in [0.1, 0.15) is 67.2 Å². The standard InChI is InChI=1S/C21H39N4O2P/c1-7-9-11-22-14-18(16(3)4)24-20(22)13-21-23(12-10-8-2)15-19(17(5)6)25(21)28(24,26)27/h13,16-19H,7-12,14-15H2,1-6H3/t18-,19-/m1/s1. The Kier molecular flexibility index (Phi) is 6.51. The van der Waals surface area contributed by atoms with E-state index in [0.29, 0.717) is 0 Å². The van der Waals surface area contributed by atoms with Crippen molar-refractivity contribution in [1.82, 2.24) is 14.2 Å². The lowest BCUT2D eigenvalue weighted by Gasteiger charge is -2.45. The zero-order valence-electron chi connectivity index (χ0n) is 18.6. The average Bonchev–Trinajstić information content (AvgIpc) is 3.18. The van der Waals surface area contributed by atoms with E-state index in [0.717, 1.165) is 63.5 Å². The fraction of sp³-hybridized carbons (Fsp3) is 0.857. The predicted octanol–water partition coefficient (Wildman–Crippen LogP) is 3.30. The molecule has 3 rings (SSSR count). The lowest BCUT2D eigenvalue weighted by molar-refractivity contribution is -0.522. The highest BCUT2D eigenvalue weighted by Gasteiger charge is 2.56. The van der Waals surface area contributed by atoms with Crippen molar-refractivity contribution >= 4 is 13.5 Å². The van der Waals surface area contributed by atoms with E-state index in [1.54, 1.807) is 9.34 Å². The van der Waals surface area contributed by atoms with Gasteiger partial charge < -0.3 is 9.79 Å². The third kappa shape index (κ3) is 3.63. The van der Waals surface area contributed by atoms with E-state index >= 15 is 0 Å². The van der Waals surface area contributed by atoms with Gasteiger partial charge in [-0.3, -0.25) is 13.8 Å². The van der Waals surface area contributed by atoms with Gasteiger partial charge in [0, 0.05) is 13.1 Å². The minimum atomic E-state index is -3.93. The largest absolute Gasteiger partial charge is 0.748 e. The Morgan fingerprint density at radius 2 is 1.75 bits per heavy atom. The summed E-state index contributed by atoms with van der Waals surface area (Å²) in [6, 6.07) is 0.0380. The molecule has 6 nitrogen and oxygen atoms in total. The summed E-state index contributed by atoms with van der Waals surface area (Å²) in [5.74, 6) is 2.38. The van der Waals surface area contributed by atoms with Gasteiger partial charge in [-0.05, 0) is 24.7 Å². The molecular formula is C21H39N4O2P. The van der Waals surface area contributed by atoms with Crippen LogP contribution in [0.5, 0.6) is 0 Å². The normalized spacial score (nSPS) is 29.9. The number of amidine groups is 1. The van der Waals surface area contributed by atoms with Crippen LogP contribution in [0.25, 0.3) is 0 Å². The zero-order chi connectivity index (χ0) is 20.6. The summed E-state index contributed by atoms with van der Waals surface area (Å²) in [6.07, 6.45) is 6.58. The van der Waals surface area contributed by atoms with E-state index in [-0.39, 0.29) is 23.9 Å². The topological polar surface area (TPSA) is 52.9 Å². The van der Waals surface area contributed by atoms with E-state index in [9.17, 15) is 9.46 Å². The Morgan fingerprint density at radius 1 is 1.11 bits per heavy atom. The Bertz CT molecular complexity index is 688. The van der Waals surface area contributed by atoms with Crippen LogP contribution < -0.4 is 4.89 Å². The van der Waals surface area contributed by atoms with Crippen LogP contribution in [0.3, 0.4) is 0 Å². The molecule has 0 saturated carbocycles. The summed E-state index contributed by atoms with van der Waals surface area (Å²) in [6.45, 7) is 16.4. The summed E-state index contributed by atoms with van der Waals surface area (Å²) in [5.41, 5.74) is 0. The van der Waals surface area contributed by atoms with Gasteiger partial charge in [0.2, 0.25) is 0 Å². The molecule has 0 bridgehead atoms. The van der Waals surface area contributed by atoms with Gasteiger partial charge in [0.05, 0.1) is 18.7 Å². The number of nitrogens with zero attached hydrogens (tertiary/aromatic N) is 4. The molecule has 28 heavy (non-hydrogen) atoms. The van der Waals surface area contributed by atoms with Crippen molar-refractivity contribution in [2.75, 3.05) is 26.2 Å². The summed E-state index contributed by atoms with van der Waals surface area (Å²) in [7, 11) is -3.93. The van der Waals surface area contributed by atoms with Gasteiger partial charge in [-0.25, -0.2) is 4.67 Å². The number of hydrogen-bond acceptors (Lipinski definition) is 3. The van der Waals surface area contributed by atoms with Crippen molar-refractivity contribution in [1.29, 1.82) is 0 Å². The van der Waals surface area contributed by atoms with Gasteiger partial charge in [0.15, 0.2) is 0 Å². The molecule has 0 N–H and O–H groups in total. The SMILES string of the molecule is CCCCN1C[C@H](C(C)C)N2C1=CC1=[N+](CCCC)C[C@H](C(C)C)N1P2(=O)[O-]. The molecule has 3 aliphatic rings. The second-order valence-corrected chi connectivity index (χ2v) is 11.1. The first-order valence-electron chi connectivity index (χ1n) is 11.2. The highest BCUT2D eigenvalue weighted by Crippen LogP contribution is 2.58. The maximum absolute atomic E-state index is 13.9. The van der Waals surface area contributed by atoms with Crippen LogP contribution in [0, 0.1) is 11.8 Å². The van der Waals surface area contributed by atoms with E-state index in [2.05, 4.69) is 57.1 Å². The molecule has 0 aromatic heterocycles. The lowest BCUT2D eigenvalue weighted by atomic mass is 10.1. The second kappa shape index (κ2) is 8.39. The van der Waals surface area contributed by atoms with Crippen LogP contribution in [0.2, 0.25) is 0 Å². The summed E-state index contributed by atoms with van der Waals surface area (Å²) >= 11 is 0. The molecule has 3 aliphatic heterocycles. The van der Waals surface area contributed by atoms with Gasteiger partial charge in [-0.2, -0.15) is 0 Å². The first-order valence-corrected chi connectivity index (χ1v) is 12.8. The maximum atomic E-state index is 13.9. The Balaban J connectivity index is 2.09. The van der Waals surface area contributed by atoms with Gasteiger partial charge in [0.25, 0.3) is 13.5 Å². The van der Waals surface area contributed by atoms with Crippen molar-refractivity contribution in [2.45, 2.75) is 79.3 Å². The fourth-order valence-corrected chi connectivity index (χ4v) is 7.21. The smallest absolute Gasteiger partial charge is 0.284 e. The first-order chi connectivity index (χ1) is 13.2. The van der Waals surface area contributed by atoms with Crippen LogP contribution in [-0.4, -0.2) is 62.9 Å². The number of fused-ring (bicyclic) bond motifs is 2. The molecule has 0 amide bonds. The van der Waals surface area contributed by atoms with E-state index in [4.69, 9.17) is 0 Å². The van der Waals surface area contributed by atoms with Crippen molar-refractivity contribution in [3.63, 3.8) is 0 Å². The molecule has 0 aromatic carbocycles. The van der Waals surface area contributed by atoms with Crippen LogP contribution >= 0.6 is 7.67 Å². The third-order valence-corrected chi connectivity index (χ3v) is 8.56. The van der Waals surface area contributed by atoms with Crippen LogP contribution in [0.4, 0.5) is 0 Å². The first kappa shape index (κ1) is 21.7. The van der Waals surface area contributed by atoms with Crippen LogP contribution in [-0.2, 0) is 4.57 Å². The Labute approximate surface area is 171 Å². The van der Waals surface area contributed by atoms with Gasteiger partial charge >= 0.3 is 0 Å². The molecule has 0 spiro atoms. The van der Waals surface area contributed by atoms with Gasteiger partial charge in [-0.15, -0.1) is 0 Å².